The van der Waals surface area contributed by atoms with Gasteiger partial charge in [0.05, 0.1) is 6.07 Å². The normalized spacial score (nSPS) is 11.3. The van der Waals surface area contributed by atoms with E-state index in [0.29, 0.717) is 0 Å². The van der Waals surface area contributed by atoms with E-state index < -0.39 is 10.0 Å². The van der Waals surface area contributed by atoms with Gasteiger partial charge in [-0.15, -0.1) is 10.2 Å². The quantitative estimate of drug-likeness (QED) is 0.761. The number of hydrogen-bond acceptors (Lipinski definition) is 7. The summed E-state index contributed by atoms with van der Waals surface area (Å²) in [6.07, 6.45) is 0.102. The lowest BCUT2D eigenvalue weighted by atomic mass is 10.5. The van der Waals surface area contributed by atoms with Gasteiger partial charge >= 0.3 is 0 Å². The molecule has 104 valence electrons. The highest BCUT2D eigenvalue weighted by Gasteiger charge is 2.27. The Hall–Kier alpha value is -1.57. The van der Waals surface area contributed by atoms with Gasteiger partial charge in [-0.25, -0.2) is 8.42 Å². The molecule has 0 aliphatic carbocycles. The van der Waals surface area contributed by atoms with E-state index in [0.717, 1.165) is 15.6 Å². The van der Waals surface area contributed by atoms with Crippen LogP contribution >= 0.6 is 11.3 Å². The van der Waals surface area contributed by atoms with Gasteiger partial charge in [-0.3, -0.25) is 4.79 Å². The summed E-state index contributed by atoms with van der Waals surface area (Å²) < 4.78 is 25.3. The fourth-order valence-corrected chi connectivity index (χ4v) is 3.78. The van der Waals surface area contributed by atoms with E-state index in [1.54, 1.807) is 6.92 Å². The maximum Gasteiger partial charge on any atom is 0.272 e. The lowest BCUT2D eigenvalue weighted by Crippen LogP contribution is -2.31. The molecule has 0 fully saturated rings. The third-order valence-corrected chi connectivity index (χ3v) is 5.23. The molecule has 8 nitrogen and oxygen atoms in total. The number of amides is 1. The Bertz CT molecular complexity index is 589. The Labute approximate surface area is 115 Å². The predicted molar refractivity (Wildman–Crippen MR) is 68.9 cm³/mol. The SMILES string of the molecule is CCN(CCC#N)S(=O)(=O)c1nnc(NC(C)=O)s1. The van der Waals surface area contributed by atoms with Crippen molar-refractivity contribution < 1.29 is 13.2 Å². The third kappa shape index (κ3) is 3.95. The number of nitriles is 1. The highest BCUT2D eigenvalue weighted by atomic mass is 32.2. The number of carbonyl (C=O) groups is 1. The first-order valence-corrected chi connectivity index (χ1v) is 7.65. The van der Waals surface area contributed by atoms with Crippen LogP contribution in [0.1, 0.15) is 20.3 Å². The van der Waals surface area contributed by atoms with Crippen LogP contribution in [0.15, 0.2) is 4.34 Å². The molecule has 0 radical (unpaired) electrons. The van der Waals surface area contributed by atoms with Crippen molar-refractivity contribution in [3.8, 4) is 6.07 Å². The average molecular weight is 303 g/mol. The van der Waals surface area contributed by atoms with E-state index in [9.17, 15) is 13.2 Å². The molecule has 0 aliphatic rings. The topological polar surface area (TPSA) is 116 Å². The molecule has 0 saturated heterocycles. The van der Waals surface area contributed by atoms with Crippen molar-refractivity contribution in [2.45, 2.75) is 24.6 Å². The highest BCUT2D eigenvalue weighted by molar-refractivity contribution is 7.91. The minimum absolute atomic E-state index is 0.102. The zero-order chi connectivity index (χ0) is 14.5. The monoisotopic (exact) mass is 303 g/mol. The van der Waals surface area contributed by atoms with Crippen molar-refractivity contribution in [2.75, 3.05) is 18.4 Å². The van der Waals surface area contributed by atoms with Crippen LogP contribution in [-0.2, 0) is 14.8 Å². The van der Waals surface area contributed by atoms with Crippen LogP contribution in [0.25, 0.3) is 0 Å². The first-order valence-electron chi connectivity index (χ1n) is 5.40. The summed E-state index contributed by atoms with van der Waals surface area (Å²) >= 11 is 0.779. The second kappa shape index (κ2) is 6.55. The standard InChI is InChI=1S/C9H13N5O3S2/c1-3-14(6-4-5-10)19(16,17)9-13-12-8(18-9)11-7(2)15/h3-4,6H2,1-2H3,(H,11,12,15). The fourth-order valence-electron chi connectivity index (χ4n) is 1.25. The van der Waals surface area contributed by atoms with E-state index in [1.807, 2.05) is 6.07 Å². The Morgan fingerprint density at radius 2 is 2.21 bits per heavy atom. The summed E-state index contributed by atoms with van der Waals surface area (Å²) in [5, 5.41) is 18.1. The lowest BCUT2D eigenvalue weighted by Gasteiger charge is -2.16. The largest absolute Gasteiger partial charge is 0.301 e. The second-order valence-electron chi connectivity index (χ2n) is 3.46. The maximum absolute atomic E-state index is 12.2. The minimum atomic E-state index is -3.76. The van der Waals surface area contributed by atoms with Gasteiger partial charge in [-0.1, -0.05) is 18.3 Å². The molecule has 1 rings (SSSR count). The van der Waals surface area contributed by atoms with Crippen molar-refractivity contribution in [3.05, 3.63) is 0 Å². The molecule has 0 aliphatic heterocycles. The Kier molecular flexibility index (Phi) is 5.34. The minimum Gasteiger partial charge on any atom is -0.301 e. The molecule has 1 aromatic rings. The van der Waals surface area contributed by atoms with Crippen LogP contribution in [0.5, 0.6) is 0 Å². The molecular weight excluding hydrogens is 290 g/mol. The number of nitrogens with zero attached hydrogens (tertiary/aromatic N) is 4. The van der Waals surface area contributed by atoms with Crippen molar-refractivity contribution in [1.29, 1.82) is 5.26 Å². The molecule has 1 aromatic heterocycles. The number of sulfonamides is 1. The van der Waals surface area contributed by atoms with Crippen LogP contribution in [-0.4, -0.2) is 41.9 Å². The molecule has 1 amide bonds. The summed E-state index contributed by atoms with van der Waals surface area (Å²) in [5.74, 6) is -0.350. The second-order valence-corrected chi connectivity index (χ2v) is 6.55. The molecule has 0 spiro atoms. The first-order chi connectivity index (χ1) is 8.91. The molecule has 10 heteroatoms. The predicted octanol–water partition coefficient (Wildman–Crippen LogP) is 0.421. The van der Waals surface area contributed by atoms with E-state index in [-0.39, 0.29) is 34.9 Å². The fraction of sp³-hybridized carbons (Fsp3) is 0.556. The van der Waals surface area contributed by atoms with Crippen molar-refractivity contribution in [1.82, 2.24) is 14.5 Å². The van der Waals surface area contributed by atoms with Crippen molar-refractivity contribution >= 4 is 32.4 Å². The van der Waals surface area contributed by atoms with Crippen molar-refractivity contribution in [3.63, 3.8) is 0 Å². The van der Waals surface area contributed by atoms with Crippen LogP contribution in [0.3, 0.4) is 0 Å². The molecule has 0 unspecified atom stereocenters. The Morgan fingerprint density at radius 1 is 1.53 bits per heavy atom. The smallest absolute Gasteiger partial charge is 0.272 e. The molecule has 0 aromatic carbocycles. The van der Waals surface area contributed by atoms with Crippen LogP contribution in [0, 0.1) is 11.3 Å². The first kappa shape index (κ1) is 15.5. The van der Waals surface area contributed by atoms with Gasteiger partial charge in [-0.2, -0.15) is 9.57 Å². The van der Waals surface area contributed by atoms with Gasteiger partial charge in [-0.05, 0) is 0 Å². The van der Waals surface area contributed by atoms with E-state index in [2.05, 4.69) is 15.5 Å². The van der Waals surface area contributed by atoms with Gasteiger partial charge in [0.25, 0.3) is 10.0 Å². The zero-order valence-electron chi connectivity index (χ0n) is 10.5. The lowest BCUT2D eigenvalue weighted by molar-refractivity contribution is -0.114. The third-order valence-electron chi connectivity index (χ3n) is 2.08. The van der Waals surface area contributed by atoms with Gasteiger partial charge in [0.2, 0.25) is 15.4 Å². The number of rotatable bonds is 6. The zero-order valence-corrected chi connectivity index (χ0v) is 12.1. The molecule has 0 atom stereocenters. The molecule has 0 bridgehead atoms. The van der Waals surface area contributed by atoms with E-state index in [4.69, 9.17) is 5.26 Å². The number of hydrogen-bond donors (Lipinski definition) is 1. The van der Waals surface area contributed by atoms with E-state index in [1.165, 1.54) is 6.92 Å². The highest BCUT2D eigenvalue weighted by Crippen LogP contribution is 2.23. The van der Waals surface area contributed by atoms with Crippen LogP contribution in [0.2, 0.25) is 0 Å². The number of carbonyl (C=O) groups excluding carboxylic acids is 1. The summed E-state index contributed by atoms with van der Waals surface area (Å²) in [4.78, 5) is 10.8. The van der Waals surface area contributed by atoms with Crippen LogP contribution in [0.4, 0.5) is 5.13 Å². The van der Waals surface area contributed by atoms with Gasteiger partial charge < -0.3 is 5.32 Å². The van der Waals surface area contributed by atoms with Crippen LogP contribution < -0.4 is 5.32 Å². The summed E-state index contributed by atoms with van der Waals surface area (Å²) in [6.45, 7) is 3.30. The molecule has 0 saturated carbocycles. The van der Waals surface area contributed by atoms with Gasteiger partial charge in [0.1, 0.15) is 0 Å². The summed E-state index contributed by atoms with van der Waals surface area (Å²) in [7, 11) is -3.76. The Morgan fingerprint density at radius 3 is 2.74 bits per heavy atom. The molecule has 1 N–H and O–H groups in total. The number of anilines is 1. The summed E-state index contributed by atoms with van der Waals surface area (Å²) in [6, 6.07) is 1.89. The molecule has 1 heterocycles. The number of nitrogens with one attached hydrogen (secondary N) is 1. The van der Waals surface area contributed by atoms with Gasteiger partial charge in [0, 0.05) is 26.4 Å². The Balaban J connectivity index is 2.95. The van der Waals surface area contributed by atoms with Gasteiger partial charge in [0.15, 0.2) is 0 Å². The molecular formula is C9H13N5O3S2. The summed E-state index contributed by atoms with van der Waals surface area (Å²) in [5.41, 5.74) is 0. The number of aromatic nitrogens is 2. The van der Waals surface area contributed by atoms with E-state index >= 15 is 0 Å². The van der Waals surface area contributed by atoms with Crippen molar-refractivity contribution in [2.24, 2.45) is 0 Å². The maximum atomic E-state index is 12.2. The molecule has 19 heavy (non-hydrogen) atoms. The average Bonchev–Trinajstić information content (AvgIpc) is 2.78.